The number of carboxylic acid groups (broad SMARTS) is 1. The number of hydrogen-bond donors (Lipinski definition) is 2. The summed E-state index contributed by atoms with van der Waals surface area (Å²) in [6.45, 7) is 3.23. The molecule has 2 saturated carbocycles. The van der Waals surface area contributed by atoms with Crippen LogP contribution in [0.5, 0.6) is 0 Å². The van der Waals surface area contributed by atoms with Crippen molar-refractivity contribution in [1.29, 1.82) is 0 Å². The van der Waals surface area contributed by atoms with Crippen LogP contribution in [-0.4, -0.2) is 47.5 Å². The van der Waals surface area contributed by atoms with Gasteiger partial charge < -0.3 is 24.2 Å². The molecule has 10 heteroatoms. The van der Waals surface area contributed by atoms with Gasteiger partial charge in [0.05, 0.1) is 17.7 Å². The van der Waals surface area contributed by atoms with Gasteiger partial charge in [0.15, 0.2) is 0 Å². The van der Waals surface area contributed by atoms with Gasteiger partial charge in [0.25, 0.3) is 5.88 Å². The second-order valence-corrected chi connectivity index (χ2v) is 11.4. The van der Waals surface area contributed by atoms with E-state index in [4.69, 9.17) is 20.9 Å². The molecule has 0 spiro atoms. The van der Waals surface area contributed by atoms with Crippen LogP contribution in [0.15, 0.2) is 59.3 Å². The maximum Gasteiger partial charge on any atom is 0.412 e. The summed E-state index contributed by atoms with van der Waals surface area (Å²) in [4.78, 5) is 29.2. The lowest BCUT2D eigenvalue weighted by molar-refractivity contribution is -0.140. The van der Waals surface area contributed by atoms with Crippen molar-refractivity contribution in [2.45, 2.75) is 69.1 Å². The van der Waals surface area contributed by atoms with Crippen molar-refractivity contribution in [2.24, 2.45) is 0 Å². The normalized spacial score (nSPS) is 22.2. The average Bonchev–Trinajstić information content (AvgIpc) is 3.66. The number of anilines is 3. The van der Waals surface area contributed by atoms with Gasteiger partial charge in [0, 0.05) is 35.4 Å². The highest BCUT2D eigenvalue weighted by Crippen LogP contribution is 2.49. The van der Waals surface area contributed by atoms with Crippen LogP contribution in [0, 0.1) is 0 Å². The number of hydrogen-bond acceptors (Lipinski definition) is 7. The standard InChI is InChI=1S/C30H33ClN4O5/c1-19(22-6-2-3-7-23(22)31)39-29(38)33-24-18-32-40-27(24)35-17-16-34(25-8-4-5-9-26(25)35)21-12-10-20(11-13-21)30(14-15-30)28(36)37/h2-3,6-7,10-13,18-19,25-26H,4-5,8-9,14-17H2,1H3,(H,33,38)(H,36,37)/t19?,25-,26-/m1/s1. The number of fused-ring (bicyclic) bond motifs is 1. The smallest absolute Gasteiger partial charge is 0.412 e. The van der Waals surface area contributed by atoms with E-state index in [-0.39, 0.29) is 12.1 Å². The minimum absolute atomic E-state index is 0.183. The van der Waals surface area contributed by atoms with Crippen molar-refractivity contribution in [1.82, 2.24) is 5.16 Å². The van der Waals surface area contributed by atoms with Crippen LogP contribution in [0.25, 0.3) is 0 Å². The lowest BCUT2D eigenvalue weighted by atomic mass is 9.85. The minimum Gasteiger partial charge on any atom is -0.481 e. The molecule has 3 fully saturated rings. The van der Waals surface area contributed by atoms with Gasteiger partial charge in [-0.2, -0.15) is 0 Å². The summed E-state index contributed by atoms with van der Waals surface area (Å²) in [7, 11) is 0. The molecule has 2 aliphatic carbocycles. The van der Waals surface area contributed by atoms with Gasteiger partial charge in [-0.25, -0.2) is 4.79 Å². The summed E-state index contributed by atoms with van der Waals surface area (Å²) in [5.41, 5.74) is 2.49. The largest absolute Gasteiger partial charge is 0.481 e. The first-order valence-corrected chi connectivity index (χ1v) is 14.3. The van der Waals surface area contributed by atoms with Crippen molar-refractivity contribution in [3.63, 3.8) is 0 Å². The Morgan fingerprint density at radius 1 is 1.07 bits per heavy atom. The van der Waals surface area contributed by atoms with E-state index in [9.17, 15) is 14.7 Å². The number of aromatic nitrogens is 1. The fourth-order valence-corrected chi connectivity index (χ4v) is 6.65. The van der Waals surface area contributed by atoms with Crippen LogP contribution in [-0.2, 0) is 14.9 Å². The predicted octanol–water partition coefficient (Wildman–Crippen LogP) is 6.39. The predicted molar refractivity (Wildman–Crippen MR) is 152 cm³/mol. The summed E-state index contributed by atoms with van der Waals surface area (Å²) in [5.74, 6) is -0.203. The topological polar surface area (TPSA) is 108 Å². The Labute approximate surface area is 238 Å². The maximum absolute atomic E-state index is 12.8. The van der Waals surface area contributed by atoms with Gasteiger partial charge in [-0.3, -0.25) is 10.1 Å². The lowest BCUT2D eigenvalue weighted by Crippen LogP contribution is -2.61. The molecule has 0 radical (unpaired) electrons. The third-order valence-electron chi connectivity index (χ3n) is 8.66. The number of nitrogens with one attached hydrogen (secondary N) is 1. The SMILES string of the molecule is CC(OC(=O)Nc1cnoc1N1CCN(c2ccc(C3(C(=O)O)CC3)cc2)[C@@H]2CCCC[C@H]21)c1ccccc1Cl. The molecule has 40 heavy (non-hydrogen) atoms. The number of ether oxygens (including phenoxy) is 1. The second-order valence-electron chi connectivity index (χ2n) is 11.0. The zero-order chi connectivity index (χ0) is 27.9. The molecule has 210 valence electrons. The lowest BCUT2D eigenvalue weighted by Gasteiger charge is -2.50. The van der Waals surface area contributed by atoms with Gasteiger partial charge in [-0.05, 0) is 56.4 Å². The minimum atomic E-state index is -0.736. The van der Waals surface area contributed by atoms with Crippen molar-refractivity contribution in [3.05, 3.63) is 70.9 Å². The molecule has 3 aromatic rings. The molecule has 1 amide bonds. The number of benzene rings is 2. The number of rotatable bonds is 7. The van der Waals surface area contributed by atoms with Crippen LogP contribution >= 0.6 is 11.6 Å². The number of aliphatic carboxylic acids is 1. The number of carboxylic acids is 1. The van der Waals surface area contributed by atoms with E-state index in [0.29, 0.717) is 36.0 Å². The number of carbonyl (C=O) groups excluding carboxylic acids is 1. The summed E-state index contributed by atoms with van der Waals surface area (Å²) in [5, 5.41) is 17.0. The molecule has 1 aliphatic heterocycles. The van der Waals surface area contributed by atoms with E-state index in [2.05, 4.69) is 32.4 Å². The number of carbonyl (C=O) groups is 2. The molecule has 1 saturated heterocycles. The van der Waals surface area contributed by atoms with Crippen molar-refractivity contribution >= 4 is 40.9 Å². The van der Waals surface area contributed by atoms with Crippen molar-refractivity contribution in [3.8, 4) is 0 Å². The average molecular weight is 565 g/mol. The van der Waals surface area contributed by atoms with Gasteiger partial charge in [-0.1, -0.05) is 59.9 Å². The summed E-state index contributed by atoms with van der Waals surface area (Å²) in [6, 6.07) is 15.8. The Bertz CT molecular complexity index is 1390. The van der Waals surface area contributed by atoms with E-state index in [1.165, 1.54) is 6.20 Å². The Kier molecular flexibility index (Phi) is 7.08. The first-order valence-electron chi connectivity index (χ1n) is 13.9. The molecule has 2 heterocycles. The van der Waals surface area contributed by atoms with Crippen molar-refractivity contribution in [2.75, 3.05) is 28.2 Å². The highest BCUT2D eigenvalue weighted by Gasteiger charge is 2.51. The maximum atomic E-state index is 12.8. The molecule has 3 atom stereocenters. The van der Waals surface area contributed by atoms with Gasteiger partial charge in [0.1, 0.15) is 11.8 Å². The molecule has 3 aliphatic rings. The van der Waals surface area contributed by atoms with Gasteiger partial charge >= 0.3 is 12.1 Å². The van der Waals surface area contributed by atoms with Crippen LogP contribution in [0.2, 0.25) is 5.02 Å². The third kappa shape index (κ3) is 4.87. The molecule has 1 unspecified atom stereocenters. The number of amides is 1. The molecule has 2 aromatic carbocycles. The van der Waals surface area contributed by atoms with Gasteiger partial charge in [-0.15, -0.1) is 0 Å². The van der Waals surface area contributed by atoms with E-state index in [0.717, 1.165) is 49.0 Å². The molecular formula is C30H33ClN4O5. The van der Waals surface area contributed by atoms with E-state index < -0.39 is 23.6 Å². The highest BCUT2D eigenvalue weighted by molar-refractivity contribution is 6.31. The summed E-state index contributed by atoms with van der Waals surface area (Å²) in [6.07, 6.45) is 6.06. The Morgan fingerprint density at radius 3 is 2.42 bits per heavy atom. The van der Waals surface area contributed by atoms with Crippen molar-refractivity contribution < 1.29 is 24.0 Å². The van der Waals surface area contributed by atoms with Crippen LogP contribution in [0.4, 0.5) is 22.1 Å². The van der Waals surface area contributed by atoms with E-state index in [1.54, 1.807) is 13.0 Å². The summed E-state index contributed by atoms with van der Waals surface area (Å²) >= 11 is 6.26. The van der Waals surface area contributed by atoms with Gasteiger partial charge in [0.2, 0.25) is 0 Å². The zero-order valence-corrected chi connectivity index (χ0v) is 23.1. The monoisotopic (exact) mass is 564 g/mol. The Balaban J connectivity index is 1.16. The number of halogens is 1. The first kappa shape index (κ1) is 26.5. The molecular weight excluding hydrogens is 532 g/mol. The Morgan fingerprint density at radius 2 is 1.75 bits per heavy atom. The third-order valence-corrected chi connectivity index (χ3v) is 9.01. The highest BCUT2D eigenvalue weighted by atomic mass is 35.5. The van der Waals surface area contributed by atoms with Crippen LogP contribution in [0.1, 0.15) is 62.7 Å². The van der Waals surface area contributed by atoms with E-state index in [1.807, 2.05) is 30.3 Å². The first-order chi connectivity index (χ1) is 19.4. The molecule has 1 aromatic heterocycles. The number of nitrogens with zero attached hydrogens (tertiary/aromatic N) is 3. The summed E-state index contributed by atoms with van der Waals surface area (Å²) < 4.78 is 11.3. The number of piperazine rings is 1. The quantitative estimate of drug-likeness (QED) is 0.340. The van der Waals surface area contributed by atoms with E-state index >= 15 is 0 Å². The fraction of sp³-hybridized carbons (Fsp3) is 0.433. The Hall–Kier alpha value is -3.72. The zero-order valence-electron chi connectivity index (χ0n) is 22.4. The van der Waals surface area contributed by atoms with Crippen LogP contribution < -0.4 is 15.1 Å². The molecule has 9 nitrogen and oxygen atoms in total. The molecule has 6 rings (SSSR count). The van der Waals surface area contributed by atoms with Crippen LogP contribution in [0.3, 0.4) is 0 Å². The second kappa shape index (κ2) is 10.7. The molecule has 2 N–H and O–H groups in total. The molecule has 0 bridgehead atoms. The fourth-order valence-electron chi connectivity index (χ4n) is 6.36.